The van der Waals surface area contributed by atoms with Crippen LogP contribution < -0.4 is 15.4 Å². The maximum Gasteiger partial charge on any atom is 0.243 e. The lowest BCUT2D eigenvalue weighted by atomic mass is 10.2. The number of ether oxygens (including phenoxy) is 1. The van der Waals surface area contributed by atoms with Crippen molar-refractivity contribution in [1.82, 2.24) is 0 Å². The van der Waals surface area contributed by atoms with Gasteiger partial charge in [-0.2, -0.15) is 0 Å². The van der Waals surface area contributed by atoms with Crippen LogP contribution in [0.3, 0.4) is 0 Å². The summed E-state index contributed by atoms with van der Waals surface area (Å²) in [7, 11) is 0. The Kier molecular flexibility index (Phi) is 8.13. The second-order valence-corrected chi connectivity index (χ2v) is 6.28. The molecule has 2 aromatic carbocycles. The number of unbranched alkanes of at least 4 members (excludes halogenated alkanes) is 3. The Labute approximate surface area is 154 Å². The van der Waals surface area contributed by atoms with Gasteiger partial charge in [0.15, 0.2) is 0 Å². The van der Waals surface area contributed by atoms with E-state index in [0.717, 1.165) is 23.5 Å². The zero-order valence-electron chi connectivity index (χ0n) is 14.6. The molecular formula is C20H25ClN2O2. The third kappa shape index (κ3) is 7.48. The van der Waals surface area contributed by atoms with Crippen LogP contribution >= 0.6 is 11.6 Å². The Morgan fingerprint density at radius 2 is 1.84 bits per heavy atom. The first-order valence-electron chi connectivity index (χ1n) is 8.69. The number of anilines is 2. The average Bonchev–Trinajstić information content (AvgIpc) is 2.61. The van der Waals surface area contributed by atoms with Gasteiger partial charge in [-0.3, -0.25) is 4.79 Å². The second-order valence-electron chi connectivity index (χ2n) is 5.85. The molecule has 0 aromatic heterocycles. The summed E-state index contributed by atoms with van der Waals surface area (Å²) in [6, 6.07) is 14.7. The van der Waals surface area contributed by atoms with Crippen LogP contribution in [0.2, 0.25) is 5.02 Å². The molecule has 5 heteroatoms. The highest BCUT2D eigenvalue weighted by atomic mass is 35.5. The normalized spacial score (nSPS) is 10.3. The molecule has 0 saturated heterocycles. The molecule has 0 aliphatic carbocycles. The van der Waals surface area contributed by atoms with Crippen molar-refractivity contribution in [2.45, 2.75) is 32.6 Å². The summed E-state index contributed by atoms with van der Waals surface area (Å²) in [5, 5.41) is 6.59. The molecule has 0 fully saturated rings. The van der Waals surface area contributed by atoms with E-state index in [9.17, 15) is 4.79 Å². The van der Waals surface area contributed by atoms with E-state index in [-0.39, 0.29) is 12.5 Å². The van der Waals surface area contributed by atoms with E-state index >= 15 is 0 Å². The Morgan fingerprint density at radius 3 is 2.60 bits per heavy atom. The Balaban J connectivity index is 1.76. The van der Waals surface area contributed by atoms with Crippen LogP contribution in [-0.2, 0) is 4.79 Å². The summed E-state index contributed by atoms with van der Waals surface area (Å²) in [4.78, 5) is 12.1. The molecule has 0 spiro atoms. The summed E-state index contributed by atoms with van der Waals surface area (Å²) < 4.78 is 5.74. The smallest absolute Gasteiger partial charge is 0.243 e. The number of rotatable bonds is 10. The van der Waals surface area contributed by atoms with Crippen LogP contribution in [0.1, 0.15) is 32.6 Å². The molecular weight excluding hydrogens is 336 g/mol. The van der Waals surface area contributed by atoms with Gasteiger partial charge in [0.2, 0.25) is 5.91 Å². The molecule has 2 rings (SSSR count). The van der Waals surface area contributed by atoms with Crippen molar-refractivity contribution >= 4 is 28.9 Å². The number of hydrogen-bond acceptors (Lipinski definition) is 3. The van der Waals surface area contributed by atoms with E-state index in [0.29, 0.717) is 11.6 Å². The fraction of sp³-hybridized carbons (Fsp3) is 0.350. The number of carbonyl (C=O) groups excluding carboxylic acids is 1. The molecule has 0 radical (unpaired) electrons. The number of carbonyl (C=O) groups is 1. The maximum absolute atomic E-state index is 12.1. The molecule has 0 saturated carbocycles. The monoisotopic (exact) mass is 360 g/mol. The Hall–Kier alpha value is -2.20. The summed E-state index contributed by atoms with van der Waals surface area (Å²) >= 11 is 5.84. The minimum absolute atomic E-state index is 0.116. The summed E-state index contributed by atoms with van der Waals surface area (Å²) in [5.41, 5.74) is 1.58. The van der Waals surface area contributed by atoms with Crippen molar-refractivity contribution < 1.29 is 9.53 Å². The molecule has 25 heavy (non-hydrogen) atoms. The lowest BCUT2D eigenvalue weighted by molar-refractivity contribution is -0.114. The predicted octanol–water partition coefficient (Wildman–Crippen LogP) is 5.35. The van der Waals surface area contributed by atoms with Crippen LogP contribution in [0.25, 0.3) is 0 Å². The average molecular weight is 361 g/mol. The van der Waals surface area contributed by atoms with Crippen LogP contribution in [-0.4, -0.2) is 19.1 Å². The number of nitrogens with one attached hydrogen (secondary N) is 2. The van der Waals surface area contributed by atoms with Gasteiger partial charge in [0.05, 0.1) is 13.2 Å². The van der Waals surface area contributed by atoms with E-state index in [1.165, 1.54) is 19.3 Å². The molecule has 2 aromatic rings. The highest BCUT2D eigenvalue weighted by Crippen LogP contribution is 2.18. The van der Waals surface area contributed by atoms with Crippen LogP contribution in [0, 0.1) is 0 Å². The zero-order valence-corrected chi connectivity index (χ0v) is 15.3. The lowest BCUT2D eigenvalue weighted by Gasteiger charge is -2.10. The maximum atomic E-state index is 12.1. The first-order chi connectivity index (χ1) is 12.2. The molecule has 0 unspecified atom stereocenters. The van der Waals surface area contributed by atoms with Crippen LogP contribution in [0.15, 0.2) is 48.5 Å². The zero-order chi connectivity index (χ0) is 17.9. The molecule has 0 bridgehead atoms. The van der Waals surface area contributed by atoms with Crippen molar-refractivity contribution in [3.05, 3.63) is 53.6 Å². The molecule has 0 aliphatic heterocycles. The SMILES string of the molecule is CCCCCCOc1cccc(NC(=O)CNc2ccc(Cl)cc2)c1. The van der Waals surface area contributed by atoms with E-state index in [4.69, 9.17) is 16.3 Å². The van der Waals surface area contributed by atoms with Crippen LogP contribution in [0.4, 0.5) is 11.4 Å². The summed E-state index contributed by atoms with van der Waals surface area (Å²) in [5.74, 6) is 0.662. The minimum atomic E-state index is -0.116. The van der Waals surface area contributed by atoms with Crippen molar-refractivity contribution in [2.24, 2.45) is 0 Å². The molecule has 134 valence electrons. The van der Waals surface area contributed by atoms with Gasteiger partial charge in [-0.1, -0.05) is 43.9 Å². The van der Waals surface area contributed by atoms with Crippen molar-refractivity contribution in [3.8, 4) is 5.75 Å². The van der Waals surface area contributed by atoms with E-state index in [1.54, 1.807) is 12.1 Å². The predicted molar refractivity (Wildman–Crippen MR) is 105 cm³/mol. The lowest BCUT2D eigenvalue weighted by Crippen LogP contribution is -2.21. The fourth-order valence-corrected chi connectivity index (χ4v) is 2.46. The quantitative estimate of drug-likeness (QED) is 0.561. The van der Waals surface area contributed by atoms with Gasteiger partial charge in [0, 0.05) is 22.5 Å². The van der Waals surface area contributed by atoms with Gasteiger partial charge < -0.3 is 15.4 Å². The van der Waals surface area contributed by atoms with Gasteiger partial charge in [-0.15, -0.1) is 0 Å². The summed E-state index contributed by atoms with van der Waals surface area (Å²) in [6.45, 7) is 3.08. The minimum Gasteiger partial charge on any atom is -0.494 e. The largest absolute Gasteiger partial charge is 0.494 e. The van der Waals surface area contributed by atoms with Crippen molar-refractivity contribution in [2.75, 3.05) is 23.8 Å². The fourth-order valence-electron chi connectivity index (χ4n) is 2.34. The van der Waals surface area contributed by atoms with Crippen molar-refractivity contribution in [3.63, 3.8) is 0 Å². The molecule has 0 heterocycles. The van der Waals surface area contributed by atoms with Crippen LogP contribution in [0.5, 0.6) is 5.75 Å². The first-order valence-corrected chi connectivity index (χ1v) is 9.07. The number of amides is 1. The first kappa shape index (κ1) is 19.1. The molecule has 1 amide bonds. The molecule has 4 nitrogen and oxygen atoms in total. The number of halogens is 1. The Bertz CT molecular complexity index is 659. The Morgan fingerprint density at radius 1 is 1.04 bits per heavy atom. The number of hydrogen-bond donors (Lipinski definition) is 2. The van der Waals surface area contributed by atoms with Gasteiger partial charge in [0.1, 0.15) is 5.75 Å². The number of benzene rings is 2. The van der Waals surface area contributed by atoms with Gasteiger partial charge >= 0.3 is 0 Å². The standard InChI is InChI=1S/C20H25ClN2O2/c1-2-3-4-5-13-25-19-8-6-7-18(14-19)23-20(24)15-22-17-11-9-16(21)10-12-17/h6-12,14,22H,2-5,13,15H2,1H3,(H,23,24). The third-order valence-electron chi connectivity index (χ3n) is 3.68. The van der Waals surface area contributed by atoms with Crippen molar-refractivity contribution in [1.29, 1.82) is 0 Å². The summed E-state index contributed by atoms with van der Waals surface area (Å²) in [6.07, 6.45) is 4.68. The highest BCUT2D eigenvalue weighted by molar-refractivity contribution is 6.30. The third-order valence-corrected chi connectivity index (χ3v) is 3.93. The molecule has 2 N–H and O–H groups in total. The van der Waals surface area contributed by atoms with E-state index < -0.39 is 0 Å². The topological polar surface area (TPSA) is 50.4 Å². The second kappa shape index (κ2) is 10.6. The van der Waals surface area contributed by atoms with Gasteiger partial charge in [-0.05, 0) is 42.8 Å². The van der Waals surface area contributed by atoms with Gasteiger partial charge in [-0.25, -0.2) is 0 Å². The van der Waals surface area contributed by atoms with E-state index in [2.05, 4.69) is 17.6 Å². The highest BCUT2D eigenvalue weighted by Gasteiger charge is 2.04. The molecule has 0 aliphatic rings. The molecule has 0 atom stereocenters. The van der Waals surface area contributed by atoms with Gasteiger partial charge in [0.25, 0.3) is 0 Å². The van der Waals surface area contributed by atoms with E-state index in [1.807, 2.05) is 36.4 Å².